The lowest BCUT2D eigenvalue weighted by atomic mass is 10.1. The molecule has 2 N–H and O–H groups in total. The average Bonchev–Trinajstić information content (AvgIpc) is 3.67. The molecular formula is C28H35N7O4S. The van der Waals surface area contributed by atoms with Crippen LogP contribution in [0, 0.1) is 6.92 Å². The molecule has 4 heterocycles. The number of carbonyl (C=O) groups excluding carboxylic acids is 3. The Morgan fingerprint density at radius 3 is 2.67 bits per heavy atom. The minimum Gasteiger partial charge on any atom is -0.461 e. The van der Waals surface area contributed by atoms with Crippen molar-refractivity contribution in [3.8, 4) is 0 Å². The molecule has 0 bridgehead atoms. The average molecular weight is 566 g/mol. The molecule has 212 valence electrons. The van der Waals surface area contributed by atoms with E-state index < -0.39 is 6.04 Å². The van der Waals surface area contributed by atoms with E-state index in [1.807, 2.05) is 36.1 Å². The third-order valence-corrected chi connectivity index (χ3v) is 7.97. The van der Waals surface area contributed by atoms with Gasteiger partial charge in [-0.2, -0.15) is 0 Å². The summed E-state index contributed by atoms with van der Waals surface area (Å²) in [6, 6.07) is 6.99. The molecule has 0 radical (unpaired) electrons. The number of fused-ring (bicyclic) bond motifs is 1. The van der Waals surface area contributed by atoms with Gasteiger partial charge in [-0.15, -0.1) is 0 Å². The van der Waals surface area contributed by atoms with Crippen LogP contribution in [0.2, 0.25) is 0 Å². The summed E-state index contributed by atoms with van der Waals surface area (Å²) in [4.78, 5) is 53.5. The van der Waals surface area contributed by atoms with Crippen LogP contribution >= 0.6 is 11.3 Å². The van der Waals surface area contributed by atoms with Crippen molar-refractivity contribution < 1.29 is 18.8 Å². The highest BCUT2D eigenvalue weighted by Crippen LogP contribution is 2.25. The topological polar surface area (TPSA) is 123 Å². The van der Waals surface area contributed by atoms with Gasteiger partial charge in [-0.1, -0.05) is 11.3 Å². The lowest BCUT2D eigenvalue weighted by Crippen LogP contribution is -2.45. The monoisotopic (exact) mass is 565 g/mol. The minimum absolute atomic E-state index is 0.00321. The number of guanidine groups is 1. The lowest BCUT2D eigenvalue weighted by molar-refractivity contribution is -0.140. The van der Waals surface area contributed by atoms with Crippen LogP contribution in [-0.4, -0.2) is 89.7 Å². The van der Waals surface area contributed by atoms with E-state index in [9.17, 15) is 14.4 Å². The smallest absolute Gasteiger partial charge is 0.265 e. The zero-order valence-electron chi connectivity index (χ0n) is 23.1. The van der Waals surface area contributed by atoms with Gasteiger partial charge >= 0.3 is 0 Å². The van der Waals surface area contributed by atoms with Crippen molar-refractivity contribution in [2.75, 3.05) is 50.9 Å². The number of nitrogens with zero attached hydrogens (tertiary/aromatic N) is 5. The molecule has 2 fully saturated rings. The quantitative estimate of drug-likeness (QED) is 0.344. The maximum atomic E-state index is 13.6. The summed E-state index contributed by atoms with van der Waals surface area (Å²) < 4.78 is 5.70. The molecule has 3 aromatic rings. The minimum atomic E-state index is -0.661. The number of aliphatic imine (C=N–C) groups is 1. The van der Waals surface area contributed by atoms with Crippen LogP contribution in [0.15, 0.2) is 39.9 Å². The van der Waals surface area contributed by atoms with Crippen molar-refractivity contribution in [3.63, 3.8) is 0 Å². The third-order valence-electron chi connectivity index (χ3n) is 7.07. The first kappa shape index (κ1) is 27.6. The fourth-order valence-corrected chi connectivity index (χ4v) is 5.82. The number of hydrogen-bond acceptors (Lipinski definition) is 7. The molecule has 1 atom stereocenters. The Balaban J connectivity index is 1.40. The number of likely N-dealkylation sites (tertiary alicyclic amines) is 2. The van der Waals surface area contributed by atoms with Crippen molar-refractivity contribution in [2.45, 2.75) is 45.1 Å². The molecule has 2 aliphatic rings. The van der Waals surface area contributed by atoms with Gasteiger partial charge in [0.2, 0.25) is 17.8 Å². The molecule has 0 spiro atoms. The fourth-order valence-electron chi connectivity index (χ4n) is 4.99. The van der Waals surface area contributed by atoms with Crippen molar-refractivity contribution in [1.29, 1.82) is 0 Å². The second kappa shape index (κ2) is 12.1. The highest BCUT2D eigenvalue weighted by molar-refractivity contribution is 7.17. The standard InChI is InChI=1S/C28H35N7O4S/c1-18-14-19-15-20(9-10-22(19)39-18)30-27(32-28-29-16-23(40-28)26(38)33(2)3)31-21-8-4-5-13-35(25(21)37)17-24(36)34-11-6-7-12-34/h9-10,14-16,21H,4-8,11-13,17H2,1-3H3,(H2,29,30,31,32). The SMILES string of the molecule is Cc1cc2cc(NC(=NC3CCCCN(CC(=O)N4CCCC4)C3=O)Nc3ncc(C(=O)N(C)C)s3)ccc2o1. The fraction of sp³-hybridized carbons (Fsp3) is 0.464. The van der Waals surface area contributed by atoms with E-state index in [2.05, 4.69) is 15.6 Å². The van der Waals surface area contributed by atoms with Crippen LogP contribution in [0.5, 0.6) is 0 Å². The zero-order chi connectivity index (χ0) is 28.2. The number of amides is 3. The van der Waals surface area contributed by atoms with Crippen LogP contribution in [-0.2, 0) is 9.59 Å². The summed E-state index contributed by atoms with van der Waals surface area (Å²) in [7, 11) is 3.38. The lowest BCUT2D eigenvalue weighted by Gasteiger charge is -2.25. The van der Waals surface area contributed by atoms with Gasteiger partial charge in [-0.05, 0) is 63.3 Å². The molecule has 5 rings (SSSR count). The predicted molar refractivity (Wildman–Crippen MR) is 156 cm³/mol. The summed E-state index contributed by atoms with van der Waals surface area (Å²) >= 11 is 1.21. The molecule has 2 aliphatic heterocycles. The van der Waals surface area contributed by atoms with Crippen molar-refractivity contribution in [3.05, 3.63) is 41.1 Å². The number of furan rings is 1. The molecule has 1 aromatic carbocycles. The Morgan fingerprint density at radius 2 is 1.90 bits per heavy atom. The molecule has 2 saturated heterocycles. The molecule has 40 heavy (non-hydrogen) atoms. The Bertz CT molecular complexity index is 1420. The number of aryl methyl sites for hydroxylation is 1. The molecule has 0 saturated carbocycles. The number of nitrogens with one attached hydrogen (secondary N) is 2. The van der Waals surface area contributed by atoms with Crippen LogP contribution in [0.4, 0.5) is 10.8 Å². The summed E-state index contributed by atoms with van der Waals surface area (Å²) in [6.07, 6.45) is 5.76. The number of aromatic nitrogens is 1. The number of benzene rings is 1. The van der Waals surface area contributed by atoms with Gasteiger partial charge in [0.1, 0.15) is 22.3 Å². The van der Waals surface area contributed by atoms with E-state index in [1.54, 1.807) is 19.0 Å². The third kappa shape index (κ3) is 6.44. The first-order valence-electron chi connectivity index (χ1n) is 13.6. The van der Waals surface area contributed by atoms with Crippen LogP contribution in [0.1, 0.15) is 47.5 Å². The van der Waals surface area contributed by atoms with Crippen molar-refractivity contribution in [2.24, 2.45) is 4.99 Å². The Kier molecular flexibility index (Phi) is 8.34. The first-order valence-corrected chi connectivity index (χ1v) is 14.4. The second-order valence-corrected chi connectivity index (χ2v) is 11.5. The Labute approximate surface area is 237 Å². The van der Waals surface area contributed by atoms with E-state index in [0.29, 0.717) is 28.9 Å². The van der Waals surface area contributed by atoms with Gasteiger partial charge in [0.25, 0.3) is 5.91 Å². The van der Waals surface area contributed by atoms with Gasteiger partial charge < -0.3 is 29.8 Å². The summed E-state index contributed by atoms with van der Waals surface area (Å²) in [6.45, 7) is 4.04. The van der Waals surface area contributed by atoms with Crippen LogP contribution in [0.3, 0.4) is 0 Å². The molecule has 11 nitrogen and oxygen atoms in total. The number of carbonyl (C=O) groups is 3. The Morgan fingerprint density at radius 1 is 1.12 bits per heavy atom. The van der Waals surface area contributed by atoms with Gasteiger partial charge in [0.15, 0.2) is 5.13 Å². The molecule has 1 unspecified atom stereocenters. The number of rotatable bonds is 6. The van der Waals surface area contributed by atoms with Gasteiger partial charge in [0.05, 0.1) is 12.7 Å². The number of hydrogen-bond donors (Lipinski definition) is 2. The van der Waals surface area contributed by atoms with E-state index in [1.165, 1.54) is 22.4 Å². The van der Waals surface area contributed by atoms with E-state index in [4.69, 9.17) is 9.41 Å². The van der Waals surface area contributed by atoms with E-state index in [0.717, 1.165) is 61.2 Å². The predicted octanol–water partition coefficient (Wildman–Crippen LogP) is 3.78. The maximum Gasteiger partial charge on any atom is 0.265 e. The first-order chi connectivity index (χ1) is 19.3. The molecule has 3 amide bonds. The zero-order valence-corrected chi connectivity index (χ0v) is 23.9. The summed E-state index contributed by atoms with van der Waals surface area (Å²) in [5.74, 6) is 0.845. The second-order valence-electron chi connectivity index (χ2n) is 10.4. The van der Waals surface area contributed by atoms with Gasteiger partial charge in [-0.25, -0.2) is 9.98 Å². The molecule has 0 aliphatic carbocycles. The normalized spacial score (nSPS) is 18.2. The summed E-state index contributed by atoms with van der Waals surface area (Å²) in [5.41, 5.74) is 1.53. The van der Waals surface area contributed by atoms with Gasteiger partial charge in [0, 0.05) is 44.8 Å². The summed E-state index contributed by atoms with van der Waals surface area (Å²) in [5, 5.41) is 7.90. The van der Waals surface area contributed by atoms with Crippen molar-refractivity contribution >= 4 is 56.8 Å². The van der Waals surface area contributed by atoms with Crippen LogP contribution < -0.4 is 10.6 Å². The molecule has 2 aromatic heterocycles. The highest BCUT2D eigenvalue weighted by atomic mass is 32.1. The number of anilines is 2. The maximum absolute atomic E-state index is 13.6. The largest absolute Gasteiger partial charge is 0.461 e. The van der Waals surface area contributed by atoms with Crippen molar-refractivity contribution in [1.82, 2.24) is 19.7 Å². The van der Waals surface area contributed by atoms with Crippen LogP contribution in [0.25, 0.3) is 11.0 Å². The molecular weight excluding hydrogens is 530 g/mol. The Hall–Kier alpha value is -3.93. The highest BCUT2D eigenvalue weighted by Gasteiger charge is 2.30. The number of thiazole rings is 1. The molecule has 12 heteroatoms. The van der Waals surface area contributed by atoms with E-state index in [-0.39, 0.29) is 24.3 Å². The van der Waals surface area contributed by atoms with E-state index >= 15 is 0 Å². The van der Waals surface area contributed by atoms with Gasteiger partial charge in [-0.3, -0.25) is 14.4 Å².